The molecule has 1 atom stereocenters. The number of carboxylic acid groups (broad SMARTS) is 1. The van der Waals surface area contributed by atoms with Crippen molar-refractivity contribution < 1.29 is 19.1 Å². The summed E-state index contributed by atoms with van der Waals surface area (Å²) in [6, 6.07) is 9.31. The molecular formula is C24H23N5O4. The van der Waals surface area contributed by atoms with Crippen LogP contribution in [-0.4, -0.2) is 36.9 Å². The van der Waals surface area contributed by atoms with Crippen molar-refractivity contribution in [2.75, 3.05) is 0 Å². The third-order valence-electron chi connectivity index (χ3n) is 5.10. The number of pyridine rings is 1. The summed E-state index contributed by atoms with van der Waals surface area (Å²) in [6.45, 7) is 1.95. The Morgan fingerprint density at radius 2 is 2.09 bits per heavy atom. The lowest BCUT2D eigenvalue weighted by atomic mass is 10.1. The lowest BCUT2D eigenvalue weighted by Crippen LogP contribution is -2.27. The number of aromatic amines is 1. The number of H-pyrrole nitrogens is 1. The number of hydrogen-bond donors (Lipinski definition) is 3. The van der Waals surface area contributed by atoms with Crippen molar-refractivity contribution in [1.29, 1.82) is 0 Å². The summed E-state index contributed by atoms with van der Waals surface area (Å²) in [5, 5.41) is 12.7. The Hall–Kier alpha value is -4.27. The van der Waals surface area contributed by atoms with E-state index in [1.165, 1.54) is 12.5 Å². The van der Waals surface area contributed by atoms with E-state index in [1.807, 2.05) is 49.4 Å². The van der Waals surface area contributed by atoms with Crippen molar-refractivity contribution in [3.8, 4) is 11.3 Å². The zero-order valence-electron chi connectivity index (χ0n) is 18.0. The summed E-state index contributed by atoms with van der Waals surface area (Å²) in [6.07, 6.45) is 8.20. The van der Waals surface area contributed by atoms with Gasteiger partial charge >= 0.3 is 6.09 Å². The smallest absolute Gasteiger partial charge is 0.405 e. The van der Waals surface area contributed by atoms with Gasteiger partial charge in [-0.2, -0.15) is 0 Å². The summed E-state index contributed by atoms with van der Waals surface area (Å²) >= 11 is 0. The molecule has 9 nitrogen and oxygen atoms in total. The summed E-state index contributed by atoms with van der Waals surface area (Å²) in [5.41, 5.74) is 3.48. The minimum absolute atomic E-state index is 0.0940. The van der Waals surface area contributed by atoms with Crippen LogP contribution in [0, 0.1) is 6.92 Å². The van der Waals surface area contributed by atoms with E-state index in [2.05, 4.69) is 25.3 Å². The van der Waals surface area contributed by atoms with Crippen LogP contribution in [0.25, 0.3) is 22.2 Å². The summed E-state index contributed by atoms with van der Waals surface area (Å²) < 4.78 is 4.98. The molecule has 4 aromatic rings. The molecule has 0 aliphatic heterocycles. The van der Waals surface area contributed by atoms with Gasteiger partial charge in [0.15, 0.2) is 0 Å². The maximum absolute atomic E-state index is 11.9. The van der Waals surface area contributed by atoms with Crippen molar-refractivity contribution in [3.63, 3.8) is 0 Å². The Morgan fingerprint density at radius 3 is 2.88 bits per heavy atom. The van der Waals surface area contributed by atoms with Gasteiger partial charge in [-0.25, -0.2) is 14.8 Å². The van der Waals surface area contributed by atoms with Gasteiger partial charge in [0.25, 0.3) is 5.89 Å². The molecule has 0 saturated heterocycles. The quantitative estimate of drug-likeness (QED) is 0.248. The van der Waals surface area contributed by atoms with Crippen LogP contribution >= 0.6 is 0 Å². The fourth-order valence-electron chi connectivity index (χ4n) is 3.47. The number of Topliss-reactive ketones (excluding diaryl/α,β-unsaturated/α-hetero) is 1. The molecule has 3 aromatic heterocycles. The molecule has 0 bridgehead atoms. The normalized spacial score (nSPS) is 12.3. The minimum Gasteiger partial charge on any atom is -0.465 e. The van der Waals surface area contributed by atoms with Gasteiger partial charge in [-0.05, 0) is 38.0 Å². The number of carbonyl (C=O) groups excluding carboxylic acids is 1. The molecule has 4 rings (SSSR count). The molecule has 0 aliphatic rings. The number of nitrogens with zero attached hydrogens (tertiary/aromatic N) is 3. The predicted octanol–water partition coefficient (Wildman–Crippen LogP) is 4.84. The standard InChI is InChI=1S/C24H23N5O4/c1-15-7-8-16-13-17(9-10-18(16)27-15)20-14-26-22(28-20)19(29-24(31)32)5-3-2-4-6-21(30)23-25-11-12-33-23/h2-3,7-14,19,29H,4-6H2,1H3,(H,26,28)(H,31,32). The lowest BCUT2D eigenvalue weighted by Gasteiger charge is -2.12. The number of allylic oxidation sites excluding steroid dienone is 1. The molecule has 1 unspecified atom stereocenters. The van der Waals surface area contributed by atoms with Crippen LogP contribution in [-0.2, 0) is 0 Å². The third kappa shape index (κ3) is 5.51. The zero-order chi connectivity index (χ0) is 23.2. The highest BCUT2D eigenvalue weighted by Crippen LogP contribution is 2.25. The van der Waals surface area contributed by atoms with Gasteiger partial charge in [-0.15, -0.1) is 0 Å². The van der Waals surface area contributed by atoms with Crippen molar-refractivity contribution in [2.24, 2.45) is 0 Å². The number of benzene rings is 1. The Labute approximate surface area is 189 Å². The lowest BCUT2D eigenvalue weighted by molar-refractivity contribution is 0.0950. The summed E-state index contributed by atoms with van der Waals surface area (Å²) in [7, 11) is 0. The molecule has 0 radical (unpaired) electrons. The molecular weight excluding hydrogens is 422 g/mol. The molecule has 0 aliphatic carbocycles. The number of ketones is 1. The Bertz CT molecular complexity index is 1290. The van der Waals surface area contributed by atoms with E-state index < -0.39 is 12.1 Å². The topological polar surface area (TPSA) is 134 Å². The number of rotatable bonds is 9. The van der Waals surface area contributed by atoms with Crippen molar-refractivity contribution in [1.82, 2.24) is 25.3 Å². The first-order valence-electron chi connectivity index (χ1n) is 10.5. The molecule has 9 heteroatoms. The average molecular weight is 445 g/mol. The number of aromatic nitrogens is 4. The monoisotopic (exact) mass is 445 g/mol. The van der Waals surface area contributed by atoms with Crippen LogP contribution < -0.4 is 5.32 Å². The number of fused-ring (bicyclic) bond motifs is 1. The number of nitrogens with one attached hydrogen (secondary N) is 2. The molecule has 1 aromatic carbocycles. The first-order chi connectivity index (χ1) is 16.0. The van der Waals surface area contributed by atoms with Gasteiger partial charge in [0, 0.05) is 29.3 Å². The van der Waals surface area contributed by atoms with Gasteiger partial charge in [-0.3, -0.25) is 9.78 Å². The average Bonchev–Trinajstić information content (AvgIpc) is 3.50. The molecule has 0 spiro atoms. The van der Waals surface area contributed by atoms with E-state index >= 15 is 0 Å². The first-order valence-corrected chi connectivity index (χ1v) is 10.5. The summed E-state index contributed by atoms with van der Waals surface area (Å²) in [5.74, 6) is 0.424. The van der Waals surface area contributed by atoms with Crippen LogP contribution in [0.3, 0.4) is 0 Å². The van der Waals surface area contributed by atoms with Crippen LogP contribution in [0.4, 0.5) is 4.79 Å². The van der Waals surface area contributed by atoms with E-state index in [1.54, 1.807) is 6.20 Å². The second kappa shape index (κ2) is 9.90. The molecule has 0 saturated carbocycles. The van der Waals surface area contributed by atoms with E-state index in [-0.39, 0.29) is 18.1 Å². The van der Waals surface area contributed by atoms with Crippen LogP contribution in [0.1, 0.15) is 47.5 Å². The van der Waals surface area contributed by atoms with Gasteiger partial charge in [0.2, 0.25) is 5.78 Å². The maximum atomic E-state index is 11.9. The van der Waals surface area contributed by atoms with Crippen LogP contribution in [0.15, 0.2) is 65.6 Å². The van der Waals surface area contributed by atoms with E-state index in [0.717, 1.165) is 22.2 Å². The highest BCUT2D eigenvalue weighted by Gasteiger charge is 2.17. The van der Waals surface area contributed by atoms with Crippen molar-refractivity contribution in [2.45, 2.75) is 32.2 Å². The largest absolute Gasteiger partial charge is 0.465 e. The van der Waals surface area contributed by atoms with Crippen molar-refractivity contribution in [3.05, 3.63) is 78.5 Å². The third-order valence-corrected chi connectivity index (χ3v) is 5.10. The zero-order valence-corrected chi connectivity index (χ0v) is 18.0. The number of amides is 1. The molecule has 1 amide bonds. The number of hydrogen-bond acceptors (Lipinski definition) is 6. The number of carbonyl (C=O) groups is 2. The maximum Gasteiger partial charge on any atom is 0.405 e. The predicted molar refractivity (Wildman–Crippen MR) is 122 cm³/mol. The Morgan fingerprint density at radius 1 is 1.21 bits per heavy atom. The molecule has 0 fully saturated rings. The van der Waals surface area contributed by atoms with Crippen LogP contribution in [0.5, 0.6) is 0 Å². The first kappa shape index (κ1) is 21.9. The minimum atomic E-state index is -1.14. The van der Waals surface area contributed by atoms with E-state index in [4.69, 9.17) is 4.42 Å². The highest BCUT2D eigenvalue weighted by atomic mass is 16.4. The molecule has 168 valence electrons. The highest BCUT2D eigenvalue weighted by molar-refractivity contribution is 5.91. The Kier molecular flexibility index (Phi) is 6.58. The molecule has 3 N–H and O–H groups in total. The van der Waals surface area contributed by atoms with E-state index in [0.29, 0.717) is 24.4 Å². The fourth-order valence-corrected chi connectivity index (χ4v) is 3.47. The molecule has 3 heterocycles. The van der Waals surface area contributed by atoms with E-state index in [9.17, 15) is 14.7 Å². The van der Waals surface area contributed by atoms with Gasteiger partial charge in [-0.1, -0.05) is 24.3 Å². The van der Waals surface area contributed by atoms with Crippen molar-refractivity contribution >= 4 is 22.8 Å². The number of aryl methyl sites for hydroxylation is 1. The SMILES string of the molecule is Cc1ccc2cc(-c3c[nH]c(C(CC=CCCC(=O)c4ncco4)NC(=O)O)n3)ccc2n1. The number of imidazole rings is 1. The fraction of sp³-hybridized carbons (Fsp3) is 0.208. The second-order valence-corrected chi connectivity index (χ2v) is 7.54. The van der Waals surface area contributed by atoms with Gasteiger partial charge in [0.1, 0.15) is 12.1 Å². The van der Waals surface area contributed by atoms with Crippen LogP contribution in [0.2, 0.25) is 0 Å². The molecule has 33 heavy (non-hydrogen) atoms. The summed E-state index contributed by atoms with van der Waals surface area (Å²) in [4.78, 5) is 39.2. The van der Waals surface area contributed by atoms with Gasteiger partial charge in [0.05, 0.1) is 23.4 Å². The second-order valence-electron chi connectivity index (χ2n) is 7.54. The number of oxazole rings is 1. The van der Waals surface area contributed by atoms with Gasteiger partial charge < -0.3 is 19.8 Å². The Balaban J connectivity index is 1.43.